The third-order valence-electron chi connectivity index (χ3n) is 4.35. The van der Waals surface area contributed by atoms with Crippen LogP contribution in [0.15, 0.2) is 29.2 Å². The summed E-state index contributed by atoms with van der Waals surface area (Å²) in [7, 11) is -0.900. The van der Waals surface area contributed by atoms with Crippen molar-refractivity contribution in [3.8, 4) is 0 Å². The van der Waals surface area contributed by atoms with E-state index < -0.39 is 33.8 Å². The van der Waals surface area contributed by atoms with Crippen LogP contribution in [-0.2, 0) is 24.3 Å². The molecule has 1 aromatic rings. The number of carbonyl (C=O) groups excluding carboxylic acids is 3. The van der Waals surface area contributed by atoms with Gasteiger partial charge in [-0.1, -0.05) is 26.3 Å². The lowest BCUT2D eigenvalue weighted by molar-refractivity contribution is -0.148. The molecule has 0 unspecified atom stereocenters. The summed E-state index contributed by atoms with van der Waals surface area (Å²) in [6.45, 7) is 5.22. The number of esters is 1. The van der Waals surface area contributed by atoms with Crippen molar-refractivity contribution in [2.75, 3.05) is 27.2 Å². The highest BCUT2D eigenvalue weighted by atomic mass is 32.2. The molecular weight excluding hydrogens is 398 g/mol. The number of nitrogens with zero attached hydrogens (tertiary/aromatic N) is 1. The topological polar surface area (TPSA) is 122 Å². The zero-order valence-corrected chi connectivity index (χ0v) is 18.2. The van der Waals surface area contributed by atoms with E-state index >= 15 is 0 Å². The maximum atomic E-state index is 12.3. The van der Waals surface area contributed by atoms with E-state index in [9.17, 15) is 22.8 Å². The summed E-state index contributed by atoms with van der Waals surface area (Å²) in [6.07, 6.45) is 0.656. The second-order valence-corrected chi connectivity index (χ2v) is 8.83. The van der Waals surface area contributed by atoms with Gasteiger partial charge < -0.3 is 15.4 Å². The number of rotatable bonds is 10. The van der Waals surface area contributed by atoms with Crippen molar-refractivity contribution in [1.82, 2.24) is 14.9 Å². The first-order valence-corrected chi connectivity index (χ1v) is 10.7. The maximum absolute atomic E-state index is 12.3. The lowest BCUT2D eigenvalue weighted by atomic mass is 9.99. The number of amides is 2. The Bertz CT molecular complexity index is 838. The van der Waals surface area contributed by atoms with E-state index in [-0.39, 0.29) is 29.5 Å². The Morgan fingerprint density at radius 1 is 1.17 bits per heavy atom. The van der Waals surface area contributed by atoms with E-state index in [1.54, 1.807) is 6.92 Å². The second kappa shape index (κ2) is 10.9. The molecule has 0 aliphatic heterocycles. The number of benzene rings is 1. The van der Waals surface area contributed by atoms with Crippen molar-refractivity contribution in [3.05, 3.63) is 29.8 Å². The highest BCUT2D eigenvalue weighted by molar-refractivity contribution is 7.89. The van der Waals surface area contributed by atoms with Gasteiger partial charge >= 0.3 is 5.97 Å². The molecule has 162 valence electrons. The van der Waals surface area contributed by atoms with Crippen LogP contribution in [0.1, 0.15) is 37.6 Å². The predicted octanol–water partition coefficient (Wildman–Crippen LogP) is 0.761. The van der Waals surface area contributed by atoms with Crippen molar-refractivity contribution in [1.29, 1.82) is 0 Å². The van der Waals surface area contributed by atoms with Crippen molar-refractivity contribution >= 4 is 27.8 Å². The summed E-state index contributed by atoms with van der Waals surface area (Å²) in [5, 5.41) is 5.01. The Balaban J connectivity index is 2.79. The Hall–Kier alpha value is -2.46. The van der Waals surface area contributed by atoms with E-state index in [1.807, 2.05) is 13.8 Å². The van der Waals surface area contributed by atoms with E-state index in [0.29, 0.717) is 6.42 Å². The van der Waals surface area contributed by atoms with Gasteiger partial charge in [-0.25, -0.2) is 17.5 Å². The summed E-state index contributed by atoms with van der Waals surface area (Å²) in [5.74, 6) is -1.81. The molecule has 0 saturated heterocycles. The average molecular weight is 428 g/mol. The molecule has 10 heteroatoms. The lowest BCUT2D eigenvalue weighted by Gasteiger charge is -2.22. The molecule has 2 atom stereocenters. The molecule has 0 saturated carbocycles. The summed E-state index contributed by atoms with van der Waals surface area (Å²) in [6, 6.07) is 4.71. The van der Waals surface area contributed by atoms with Gasteiger partial charge in [-0.3, -0.25) is 9.59 Å². The summed E-state index contributed by atoms with van der Waals surface area (Å²) >= 11 is 0. The normalized spacial score (nSPS) is 13.4. The summed E-state index contributed by atoms with van der Waals surface area (Å²) in [5.41, 5.74) is 0.101. The molecule has 0 spiro atoms. The molecule has 0 aliphatic carbocycles. The summed E-state index contributed by atoms with van der Waals surface area (Å²) < 4.78 is 30.4. The van der Waals surface area contributed by atoms with E-state index in [2.05, 4.69) is 10.6 Å². The molecule has 29 heavy (non-hydrogen) atoms. The second-order valence-electron chi connectivity index (χ2n) is 6.68. The van der Waals surface area contributed by atoms with Crippen LogP contribution >= 0.6 is 0 Å². The predicted molar refractivity (Wildman–Crippen MR) is 108 cm³/mol. The van der Waals surface area contributed by atoms with E-state index in [1.165, 1.54) is 38.4 Å². The Morgan fingerprint density at radius 2 is 1.83 bits per heavy atom. The van der Waals surface area contributed by atoms with Crippen LogP contribution < -0.4 is 10.6 Å². The zero-order valence-electron chi connectivity index (χ0n) is 17.4. The van der Waals surface area contributed by atoms with Gasteiger partial charge in [0, 0.05) is 19.7 Å². The minimum atomic E-state index is -3.68. The van der Waals surface area contributed by atoms with Crippen LogP contribution in [0.25, 0.3) is 0 Å². The van der Waals surface area contributed by atoms with Crippen molar-refractivity contribution < 1.29 is 27.5 Å². The van der Waals surface area contributed by atoms with Crippen LogP contribution in [0.3, 0.4) is 0 Å². The quantitative estimate of drug-likeness (QED) is 0.532. The first-order valence-electron chi connectivity index (χ1n) is 9.31. The van der Waals surface area contributed by atoms with Gasteiger partial charge in [0.15, 0.2) is 0 Å². The van der Waals surface area contributed by atoms with Crippen LogP contribution in [0.4, 0.5) is 0 Å². The monoisotopic (exact) mass is 427 g/mol. The van der Waals surface area contributed by atoms with Gasteiger partial charge in [-0.2, -0.15) is 0 Å². The van der Waals surface area contributed by atoms with E-state index in [4.69, 9.17) is 4.74 Å². The minimum Gasteiger partial charge on any atom is -0.464 e. The molecular formula is C19H29N3O6S. The average Bonchev–Trinajstić information content (AvgIpc) is 2.69. The standard InChI is InChI=1S/C19H29N3O6S/c1-6-13(3)17(19(25)28-7-2)21-16(23)12-20-18(24)14-9-8-10-15(11-14)29(26,27)22(4)5/h8-11,13,17H,6-7,12H2,1-5H3,(H,20,24)(H,21,23)/t13-,17+/m1/s1. The van der Waals surface area contributed by atoms with Gasteiger partial charge in [0.25, 0.3) is 5.91 Å². The molecule has 9 nitrogen and oxygen atoms in total. The Kier molecular flexibility index (Phi) is 9.25. The molecule has 0 radical (unpaired) electrons. The van der Waals surface area contributed by atoms with Gasteiger partial charge in [-0.15, -0.1) is 0 Å². The first-order chi connectivity index (χ1) is 13.5. The van der Waals surface area contributed by atoms with Crippen LogP contribution in [-0.4, -0.2) is 63.8 Å². The van der Waals surface area contributed by atoms with Gasteiger partial charge in [0.1, 0.15) is 6.04 Å². The van der Waals surface area contributed by atoms with Crippen molar-refractivity contribution in [2.45, 2.75) is 38.1 Å². The molecule has 0 fully saturated rings. The first kappa shape index (κ1) is 24.6. The van der Waals surface area contributed by atoms with Crippen molar-refractivity contribution in [2.24, 2.45) is 5.92 Å². The number of hydrogen-bond donors (Lipinski definition) is 2. The Morgan fingerprint density at radius 3 is 2.38 bits per heavy atom. The zero-order chi connectivity index (χ0) is 22.2. The lowest BCUT2D eigenvalue weighted by Crippen LogP contribution is -2.49. The summed E-state index contributed by atoms with van der Waals surface area (Å²) in [4.78, 5) is 36.5. The fourth-order valence-corrected chi connectivity index (χ4v) is 3.35. The molecule has 0 heterocycles. The van der Waals surface area contributed by atoms with Crippen molar-refractivity contribution in [3.63, 3.8) is 0 Å². The molecule has 2 N–H and O–H groups in total. The number of hydrogen-bond acceptors (Lipinski definition) is 6. The fraction of sp³-hybridized carbons (Fsp3) is 0.526. The van der Waals surface area contributed by atoms with Gasteiger partial charge in [0.05, 0.1) is 18.0 Å². The molecule has 1 rings (SSSR count). The van der Waals surface area contributed by atoms with Gasteiger partial charge in [-0.05, 0) is 31.0 Å². The molecule has 0 aromatic heterocycles. The smallest absolute Gasteiger partial charge is 0.328 e. The van der Waals surface area contributed by atoms with Crippen LogP contribution in [0.5, 0.6) is 0 Å². The van der Waals surface area contributed by atoms with Gasteiger partial charge in [0.2, 0.25) is 15.9 Å². The number of sulfonamides is 1. The highest BCUT2D eigenvalue weighted by Gasteiger charge is 2.27. The number of nitrogens with one attached hydrogen (secondary N) is 2. The molecule has 0 bridgehead atoms. The Labute approximate surface area is 171 Å². The SMILES string of the molecule is CCOC(=O)[C@@H](NC(=O)CNC(=O)c1cccc(S(=O)(=O)N(C)C)c1)[C@H](C)CC. The fourth-order valence-electron chi connectivity index (χ4n) is 2.40. The van der Waals surface area contributed by atoms with Crippen LogP contribution in [0, 0.1) is 5.92 Å². The number of carbonyl (C=O) groups is 3. The molecule has 0 aliphatic rings. The maximum Gasteiger partial charge on any atom is 0.328 e. The third kappa shape index (κ3) is 6.82. The third-order valence-corrected chi connectivity index (χ3v) is 6.17. The molecule has 2 amide bonds. The minimum absolute atomic E-state index is 0.0289. The molecule has 1 aromatic carbocycles. The van der Waals surface area contributed by atoms with Crippen LogP contribution in [0.2, 0.25) is 0 Å². The largest absolute Gasteiger partial charge is 0.464 e. The van der Waals surface area contributed by atoms with E-state index in [0.717, 1.165) is 4.31 Å². The highest BCUT2D eigenvalue weighted by Crippen LogP contribution is 2.15. The number of ether oxygens (including phenoxy) is 1.